The van der Waals surface area contributed by atoms with Gasteiger partial charge in [-0.3, -0.25) is 15.0 Å². The number of thiocarbonyl (C=S) groups is 1. The number of nitro benzene ring substituents is 1. The van der Waals surface area contributed by atoms with Gasteiger partial charge >= 0.3 is 0 Å². The first-order valence-electron chi connectivity index (χ1n) is 9.09. The van der Waals surface area contributed by atoms with Gasteiger partial charge in [-0.25, -0.2) is 0 Å². The fourth-order valence-corrected chi connectivity index (χ4v) is 3.14. The second kappa shape index (κ2) is 9.48. The summed E-state index contributed by atoms with van der Waals surface area (Å²) in [6.45, 7) is 4.20. The highest BCUT2D eigenvalue weighted by molar-refractivity contribution is 7.80. The Morgan fingerprint density at radius 1 is 1.29 bits per heavy atom. The smallest absolute Gasteiger partial charge is 0.269 e. The molecule has 0 amide bonds. The van der Waals surface area contributed by atoms with Crippen LogP contribution in [0.1, 0.15) is 18.9 Å². The Bertz CT molecular complexity index is 828. The number of nitro groups is 1. The lowest BCUT2D eigenvalue weighted by molar-refractivity contribution is -0.384. The fourth-order valence-electron chi connectivity index (χ4n) is 2.83. The molecule has 0 saturated carbocycles. The van der Waals surface area contributed by atoms with E-state index in [1.165, 1.54) is 12.1 Å². The van der Waals surface area contributed by atoms with Gasteiger partial charge in [0, 0.05) is 24.4 Å². The topological polar surface area (TPSA) is 74.1 Å². The van der Waals surface area contributed by atoms with E-state index in [1.807, 2.05) is 29.2 Å². The summed E-state index contributed by atoms with van der Waals surface area (Å²) in [4.78, 5) is 12.4. The lowest BCUT2D eigenvalue weighted by atomic mass is 10.2. The van der Waals surface area contributed by atoms with E-state index < -0.39 is 4.92 Å². The summed E-state index contributed by atoms with van der Waals surface area (Å²) in [6.07, 6.45) is 0.905. The van der Waals surface area contributed by atoms with Crippen LogP contribution in [0.5, 0.6) is 5.75 Å². The van der Waals surface area contributed by atoms with Crippen molar-refractivity contribution in [3.63, 3.8) is 0 Å². The van der Waals surface area contributed by atoms with Gasteiger partial charge in [0.15, 0.2) is 0 Å². The predicted molar refractivity (Wildman–Crippen MR) is 110 cm³/mol. The minimum atomic E-state index is -0.417. The van der Waals surface area contributed by atoms with E-state index in [0.717, 1.165) is 17.7 Å². The molecule has 0 bridgehead atoms. The van der Waals surface area contributed by atoms with Crippen molar-refractivity contribution < 1.29 is 19.1 Å². The SMILES string of the molecule is CCCOCC1CN(c2ccc(OCc3cccc([N+](=O)[O-])c3)cc2)C(=S)O1. The first-order chi connectivity index (χ1) is 13.6. The average molecular weight is 402 g/mol. The van der Waals surface area contributed by atoms with Gasteiger partial charge in [0.2, 0.25) is 0 Å². The van der Waals surface area contributed by atoms with Gasteiger partial charge in [-0.05, 0) is 48.5 Å². The van der Waals surface area contributed by atoms with Crippen molar-refractivity contribution in [1.29, 1.82) is 0 Å². The third-order valence-corrected chi connectivity index (χ3v) is 4.52. The van der Waals surface area contributed by atoms with Gasteiger partial charge < -0.3 is 14.2 Å². The Labute approximate surface area is 169 Å². The summed E-state index contributed by atoms with van der Waals surface area (Å²) in [5, 5.41) is 11.3. The molecule has 1 unspecified atom stereocenters. The summed E-state index contributed by atoms with van der Waals surface area (Å²) in [7, 11) is 0. The van der Waals surface area contributed by atoms with Crippen molar-refractivity contribution in [2.75, 3.05) is 24.7 Å². The average Bonchev–Trinajstić information content (AvgIpc) is 3.07. The third kappa shape index (κ3) is 5.17. The Morgan fingerprint density at radius 3 is 2.79 bits per heavy atom. The highest BCUT2D eigenvalue weighted by atomic mass is 32.1. The van der Waals surface area contributed by atoms with E-state index in [2.05, 4.69) is 6.92 Å². The maximum atomic E-state index is 10.8. The molecule has 0 aromatic heterocycles. The second-order valence-electron chi connectivity index (χ2n) is 6.40. The number of non-ortho nitro benzene ring substituents is 1. The summed E-state index contributed by atoms with van der Waals surface area (Å²) in [5.41, 5.74) is 1.71. The van der Waals surface area contributed by atoms with Crippen LogP contribution in [0.15, 0.2) is 48.5 Å². The van der Waals surface area contributed by atoms with Crippen molar-refractivity contribution in [2.45, 2.75) is 26.1 Å². The maximum Gasteiger partial charge on any atom is 0.269 e. The Morgan fingerprint density at radius 2 is 2.07 bits per heavy atom. The molecular weight excluding hydrogens is 380 g/mol. The van der Waals surface area contributed by atoms with Crippen molar-refractivity contribution in [3.8, 4) is 5.75 Å². The number of anilines is 1. The minimum Gasteiger partial charge on any atom is -0.489 e. The molecule has 8 heteroatoms. The van der Waals surface area contributed by atoms with Crippen LogP contribution in [-0.4, -0.2) is 36.0 Å². The zero-order valence-corrected chi connectivity index (χ0v) is 16.4. The first kappa shape index (κ1) is 20.0. The summed E-state index contributed by atoms with van der Waals surface area (Å²) in [6, 6.07) is 13.9. The fraction of sp³-hybridized carbons (Fsp3) is 0.350. The maximum absolute atomic E-state index is 10.8. The largest absolute Gasteiger partial charge is 0.489 e. The van der Waals surface area contributed by atoms with E-state index in [9.17, 15) is 10.1 Å². The van der Waals surface area contributed by atoms with Crippen LogP contribution >= 0.6 is 12.2 Å². The molecular formula is C20H22N2O5S. The normalized spacial score (nSPS) is 16.1. The zero-order chi connectivity index (χ0) is 19.9. The molecule has 2 aromatic carbocycles. The predicted octanol–water partition coefficient (Wildman–Crippen LogP) is 4.09. The number of hydrogen-bond donors (Lipinski definition) is 0. The molecule has 0 spiro atoms. The van der Waals surface area contributed by atoms with Crippen LogP contribution in [0.3, 0.4) is 0 Å². The van der Waals surface area contributed by atoms with E-state index in [0.29, 0.717) is 30.7 Å². The van der Waals surface area contributed by atoms with E-state index >= 15 is 0 Å². The Balaban J connectivity index is 1.55. The molecule has 1 atom stereocenters. The van der Waals surface area contributed by atoms with Crippen LogP contribution in [0.4, 0.5) is 11.4 Å². The van der Waals surface area contributed by atoms with Crippen LogP contribution in [0, 0.1) is 10.1 Å². The molecule has 1 heterocycles. The molecule has 3 rings (SSSR count). The van der Waals surface area contributed by atoms with Crippen LogP contribution in [0.2, 0.25) is 0 Å². The number of rotatable bonds is 9. The highest BCUT2D eigenvalue weighted by Gasteiger charge is 2.29. The summed E-state index contributed by atoms with van der Waals surface area (Å²) in [5.74, 6) is 0.670. The van der Waals surface area contributed by atoms with Gasteiger partial charge in [-0.2, -0.15) is 0 Å². The van der Waals surface area contributed by atoms with Gasteiger partial charge in [0.25, 0.3) is 10.9 Å². The Kier molecular flexibility index (Phi) is 6.78. The molecule has 0 N–H and O–H groups in total. The molecule has 0 radical (unpaired) electrons. The lowest BCUT2D eigenvalue weighted by Crippen LogP contribution is -2.25. The Hall–Kier alpha value is -2.71. The molecule has 0 aliphatic carbocycles. The second-order valence-corrected chi connectivity index (χ2v) is 6.75. The lowest BCUT2D eigenvalue weighted by Gasteiger charge is -2.15. The molecule has 28 heavy (non-hydrogen) atoms. The quantitative estimate of drug-likeness (QED) is 0.271. The van der Waals surface area contributed by atoms with Crippen molar-refractivity contribution in [1.82, 2.24) is 0 Å². The van der Waals surface area contributed by atoms with Crippen molar-refractivity contribution in [2.24, 2.45) is 0 Å². The van der Waals surface area contributed by atoms with E-state index in [4.69, 9.17) is 26.4 Å². The molecule has 2 aromatic rings. The molecule has 1 fully saturated rings. The van der Waals surface area contributed by atoms with Crippen molar-refractivity contribution in [3.05, 3.63) is 64.2 Å². The molecule has 148 valence electrons. The third-order valence-electron chi connectivity index (χ3n) is 4.20. The number of ether oxygens (including phenoxy) is 3. The van der Waals surface area contributed by atoms with Gasteiger partial charge in [-0.1, -0.05) is 19.1 Å². The van der Waals surface area contributed by atoms with Crippen LogP contribution < -0.4 is 9.64 Å². The van der Waals surface area contributed by atoms with E-state index in [1.54, 1.807) is 12.1 Å². The molecule has 1 aliphatic rings. The molecule has 1 aliphatic heterocycles. The van der Waals surface area contributed by atoms with Crippen molar-refractivity contribution >= 4 is 28.8 Å². The van der Waals surface area contributed by atoms with Gasteiger partial charge in [-0.15, -0.1) is 0 Å². The van der Waals surface area contributed by atoms with Gasteiger partial charge in [0.05, 0.1) is 18.1 Å². The number of nitrogens with zero attached hydrogens (tertiary/aromatic N) is 2. The minimum absolute atomic E-state index is 0.0523. The van der Waals surface area contributed by atoms with E-state index in [-0.39, 0.29) is 18.4 Å². The van der Waals surface area contributed by atoms with Crippen LogP contribution in [0.25, 0.3) is 0 Å². The zero-order valence-electron chi connectivity index (χ0n) is 15.6. The highest BCUT2D eigenvalue weighted by Crippen LogP contribution is 2.25. The summed E-state index contributed by atoms with van der Waals surface area (Å²) >= 11 is 5.32. The number of hydrogen-bond acceptors (Lipinski definition) is 6. The standard InChI is InChI=1S/C20H22N2O5S/c1-2-10-25-14-19-12-21(20(28)27-19)16-6-8-18(9-7-16)26-13-15-4-3-5-17(11-15)22(23)24/h3-9,11,19H,2,10,12-14H2,1H3. The van der Waals surface area contributed by atoms with Crippen LogP contribution in [-0.2, 0) is 16.1 Å². The molecule has 7 nitrogen and oxygen atoms in total. The summed E-state index contributed by atoms with van der Waals surface area (Å²) < 4.78 is 17.0. The van der Waals surface area contributed by atoms with Gasteiger partial charge in [0.1, 0.15) is 18.5 Å². The monoisotopic (exact) mass is 402 g/mol. The number of benzene rings is 2. The first-order valence-corrected chi connectivity index (χ1v) is 9.49. The molecule has 1 saturated heterocycles.